The van der Waals surface area contributed by atoms with E-state index in [9.17, 15) is 9.18 Å². The Bertz CT molecular complexity index is 759. The van der Waals surface area contributed by atoms with Crippen molar-refractivity contribution in [1.82, 2.24) is 14.9 Å². The quantitative estimate of drug-likeness (QED) is 0.773. The molecule has 6 heteroatoms. The van der Waals surface area contributed by atoms with Crippen LogP contribution in [0.5, 0.6) is 0 Å². The molecule has 1 N–H and O–H groups in total. The van der Waals surface area contributed by atoms with Crippen LogP contribution in [-0.2, 0) is 16.0 Å². The first-order valence-electron chi connectivity index (χ1n) is 9.17. The number of nitrogens with one attached hydrogen (secondary N) is 1. The van der Waals surface area contributed by atoms with Gasteiger partial charge in [0.25, 0.3) is 0 Å². The lowest BCUT2D eigenvalue weighted by molar-refractivity contribution is -0.121. The van der Waals surface area contributed by atoms with Gasteiger partial charge in [-0.1, -0.05) is 12.1 Å². The third kappa shape index (κ3) is 4.12. The minimum Gasteiger partial charge on any atom is -0.383 e. The van der Waals surface area contributed by atoms with Gasteiger partial charge in [-0.3, -0.25) is 4.79 Å². The second-order valence-electron chi connectivity index (χ2n) is 6.87. The third-order valence-electron chi connectivity index (χ3n) is 4.99. The van der Waals surface area contributed by atoms with Crippen LogP contribution in [0.15, 0.2) is 30.5 Å². The largest absolute Gasteiger partial charge is 0.383 e. The zero-order valence-corrected chi connectivity index (χ0v) is 15.4. The zero-order chi connectivity index (χ0) is 18.5. The van der Waals surface area contributed by atoms with Gasteiger partial charge in [-0.05, 0) is 37.5 Å². The molecule has 2 heterocycles. The number of hydrogen-bond acceptors (Lipinski definition) is 3. The van der Waals surface area contributed by atoms with Crippen LogP contribution in [0.25, 0.3) is 0 Å². The molecule has 1 aliphatic rings. The summed E-state index contributed by atoms with van der Waals surface area (Å²) in [6.45, 7) is 3.11. The van der Waals surface area contributed by atoms with Crippen LogP contribution in [0, 0.1) is 5.82 Å². The minimum absolute atomic E-state index is 0.0738. The number of methoxy groups -OCH3 is 1. The van der Waals surface area contributed by atoms with Crippen molar-refractivity contribution in [2.45, 2.75) is 44.6 Å². The lowest BCUT2D eigenvalue weighted by Crippen LogP contribution is -2.29. The number of fused-ring (bicyclic) bond motifs is 1. The van der Waals surface area contributed by atoms with Crippen molar-refractivity contribution in [3.8, 4) is 0 Å². The van der Waals surface area contributed by atoms with E-state index in [0.29, 0.717) is 19.2 Å². The standard InChI is InChI=1S/C20H26FN3O2/c1-14-5-3-8-19-23-13-18(24(14)19)17(12-20(25)22-9-10-26-2)15-6-4-7-16(21)11-15/h4,6-7,11,13-14,17H,3,5,8-10,12H2,1-2H3,(H,22,25)/t14-,17-/m0/s1. The molecule has 26 heavy (non-hydrogen) atoms. The summed E-state index contributed by atoms with van der Waals surface area (Å²) in [7, 11) is 1.60. The molecule has 2 atom stereocenters. The van der Waals surface area contributed by atoms with Crippen molar-refractivity contribution in [2.24, 2.45) is 0 Å². The maximum Gasteiger partial charge on any atom is 0.221 e. The van der Waals surface area contributed by atoms with Crippen LogP contribution >= 0.6 is 0 Å². The number of carbonyl (C=O) groups excluding carboxylic acids is 1. The average molecular weight is 359 g/mol. The lowest BCUT2D eigenvalue weighted by atomic mass is 9.91. The number of halogens is 1. The van der Waals surface area contributed by atoms with Gasteiger partial charge >= 0.3 is 0 Å². The van der Waals surface area contributed by atoms with E-state index in [1.54, 1.807) is 13.2 Å². The summed E-state index contributed by atoms with van der Waals surface area (Å²) in [4.78, 5) is 17.0. The fourth-order valence-electron chi connectivity index (χ4n) is 3.72. The van der Waals surface area contributed by atoms with Crippen molar-refractivity contribution in [2.75, 3.05) is 20.3 Å². The molecule has 5 nitrogen and oxygen atoms in total. The van der Waals surface area contributed by atoms with E-state index in [-0.39, 0.29) is 24.1 Å². The van der Waals surface area contributed by atoms with Crippen LogP contribution in [-0.4, -0.2) is 35.7 Å². The highest BCUT2D eigenvalue weighted by Crippen LogP contribution is 2.34. The van der Waals surface area contributed by atoms with Crippen molar-refractivity contribution >= 4 is 5.91 Å². The molecule has 140 valence electrons. The predicted molar refractivity (Wildman–Crippen MR) is 97.6 cm³/mol. The molecule has 0 fully saturated rings. The molecule has 0 saturated carbocycles. The monoisotopic (exact) mass is 359 g/mol. The number of carbonyl (C=O) groups is 1. The van der Waals surface area contributed by atoms with Gasteiger partial charge in [0.1, 0.15) is 11.6 Å². The average Bonchev–Trinajstić information content (AvgIpc) is 3.05. The van der Waals surface area contributed by atoms with Gasteiger partial charge in [-0.15, -0.1) is 0 Å². The number of ether oxygens (including phenoxy) is 1. The van der Waals surface area contributed by atoms with Crippen molar-refractivity contribution in [1.29, 1.82) is 0 Å². The number of aryl methyl sites for hydroxylation is 1. The van der Waals surface area contributed by atoms with E-state index in [1.807, 2.05) is 12.3 Å². The highest BCUT2D eigenvalue weighted by atomic mass is 19.1. The fraction of sp³-hybridized carbons (Fsp3) is 0.500. The Balaban J connectivity index is 1.91. The second-order valence-corrected chi connectivity index (χ2v) is 6.87. The molecule has 0 unspecified atom stereocenters. The first kappa shape index (κ1) is 18.6. The molecule has 0 radical (unpaired) electrons. The van der Waals surface area contributed by atoms with E-state index in [1.165, 1.54) is 12.1 Å². The van der Waals surface area contributed by atoms with E-state index in [2.05, 4.69) is 21.8 Å². The second kappa shape index (κ2) is 8.45. The predicted octanol–water partition coefficient (Wildman–Crippen LogP) is 3.20. The Kier molecular flexibility index (Phi) is 6.04. The third-order valence-corrected chi connectivity index (χ3v) is 4.99. The molecule has 0 saturated heterocycles. The van der Waals surface area contributed by atoms with Crippen LogP contribution in [0.3, 0.4) is 0 Å². The molecule has 3 rings (SSSR count). The number of aromatic nitrogens is 2. The normalized spacial score (nSPS) is 17.6. The van der Waals surface area contributed by atoms with Crippen LogP contribution in [0.1, 0.15) is 55.2 Å². The molecular weight excluding hydrogens is 333 g/mol. The van der Waals surface area contributed by atoms with Gasteiger partial charge < -0.3 is 14.6 Å². The molecule has 2 aromatic rings. The molecule has 1 aromatic carbocycles. The summed E-state index contributed by atoms with van der Waals surface area (Å²) >= 11 is 0. The minimum atomic E-state index is -0.293. The van der Waals surface area contributed by atoms with Gasteiger partial charge in [0, 0.05) is 50.3 Å². The highest BCUT2D eigenvalue weighted by molar-refractivity contribution is 5.77. The molecule has 1 aliphatic heterocycles. The van der Waals surface area contributed by atoms with Gasteiger partial charge in [-0.25, -0.2) is 9.37 Å². The summed E-state index contributed by atoms with van der Waals surface area (Å²) in [5.41, 5.74) is 1.78. The van der Waals surface area contributed by atoms with E-state index < -0.39 is 0 Å². The van der Waals surface area contributed by atoms with Crippen molar-refractivity contribution in [3.05, 3.63) is 53.4 Å². The maximum absolute atomic E-state index is 13.8. The van der Waals surface area contributed by atoms with Crippen LogP contribution in [0.2, 0.25) is 0 Å². The van der Waals surface area contributed by atoms with Gasteiger partial charge in [0.15, 0.2) is 0 Å². The highest BCUT2D eigenvalue weighted by Gasteiger charge is 2.27. The molecule has 1 amide bonds. The van der Waals surface area contributed by atoms with E-state index in [4.69, 9.17) is 4.74 Å². The number of benzene rings is 1. The van der Waals surface area contributed by atoms with Crippen molar-refractivity contribution in [3.63, 3.8) is 0 Å². The zero-order valence-electron chi connectivity index (χ0n) is 15.4. The van der Waals surface area contributed by atoms with Crippen LogP contribution < -0.4 is 5.32 Å². The maximum atomic E-state index is 13.8. The summed E-state index contributed by atoms with van der Waals surface area (Å²) < 4.78 is 21.0. The Morgan fingerprint density at radius 2 is 2.35 bits per heavy atom. The van der Waals surface area contributed by atoms with Crippen LogP contribution in [0.4, 0.5) is 4.39 Å². The fourth-order valence-corrected chi connectivity index (χ4v) is 3.72. The Morgan fingerprint density at radius 3 is 3.12 bits per heavy atom. The van der Waals surface area contributed by atoms with E-state index >= 15 is 0 Å². The molecule has 1 aromatic heterocycles. The first-order valence-corrected chi connectivity index (χ1v) is 9.17. The Morgan fingerprint density at radius 1 is 1.50 bits per heavy atom. The molecule has 0 spiro atoms. The number of nitrogens with zero attached hydrogens (tertiary/aromatic N) is 2. The first-order chi connectivity index (χ1) is 12.6. The SMILES string of the molecule is COCCNC(=O)C[C@@H](c1cccc(F)c1)c1cnc2n1[C@@H](C)CCC2. The number of rotatable bonds is 7. The molecule has 0 bridgehead atoms. The van der Waals surface area contributed by atoms with Gasteiger partial charge in [-0.2, -0.15) is 0 Å². The van der Waals surface area contributed by atoms with E-state index in [0.717, 1.165) is 36.3 Å². The smallest absolute Gasteiger partial charge is 0.221 e. The number of imidazole rings is 1. The Hall–Kier alpha value is -2.21. The summed E-state index contributed by atoms with van der Waals surface area (Å²) in [5.74, 6) is 0.462. The Labute approximate surface area is 153 Å². The van der Waals surface area contributed by atoms with Gasteiger partial charge in [0.2, 0.25) is 5.91 Å². The summed E-state index contributed by atoms with van der Waals surface area (Å²) in [6, 6.07) is 6.85. The van der Waals surface area contributed by atoms with Crippen molar-refractivity contribution < 1.29 is 13.9 Å². The summed E-state index contributed by atoms with van der Waals surface area (Å²) in [6.07, 6.45) is 5.27. The lowest BCUT2D eigenvalue weighted by Gasteiger charge is -2.27. The molecule has 0 aliphatic carbocycles. The topological polar surface area (TPSA) is 56.1 Å². The number of hydrogen-bond donors (Lipinski definition) is 1. The number of amides is 1. The van der Waals surface area contributed by atoms with Gasteiger partial charge in [0.05, 0.1) is 6.61 Å². The summed E-state index contributed by atoms with van der Waals surface area (Å²) in [5, 5.41) is 2.86. The molecular formula is C20H26FN3O2.